The third-order valence-electron chi connectivity index (χ3n) is 2.47. The standard InChI is InChI=1S/C14H22N2O2/c1-10(2)15-14(17)16-11(3)8-12-6-5-7-13(9-12)18-4/h5-7,9-11H,8H2,1-4H3,(H2,15,16,17)/t11-/m1/s1. The van der Waals surface area contributed by atoms with Crippen LogP contribution >= 0.6 is 0 Å². The largest absolute Gasteiger partial charge is 0.497 e. The first-order valence-corrected chi connectivity index (χ1v) is 6.21. The van der Waals surface area contributed by atoms with Crippen molar-refractivity contribution < 1.29 is 9.53 Å². The Balaban J connectivity index is 2.48. The van der Waals surface area contributed by atoms with Crippen molar-refractivity contribution in [1.29, 1.82) is 0 Å². The van der Waals surface area contributed by atoms with E-state index >= 15 is 0 Å². The number of methoxy groups -OCH3 is 1. The zero-order chi connectivity index (χ0) is 13.5. The number of benzene rings is 1. The number of hydrogen-bond acceptors (Lipinski definition) is 2. The van der Waals surface area contributed by atoms with Crippen molar-refractivity contribution in [1.82, 2.24) is 10.6 Å². The molecule has 4 nitrogen and oxygen atoms in total. The van der Waals surface area contributed by atoms with E-state index < -0.39 is 0 Å². The molecule has 1 atom stereocenters. The summed E-state index contributed by atoms with van der Waals surface area (Å²) in [5.74, 6) is 0.839. The third kappa shape index (κ3) is 5.08. The van der Waals surface area contributed by atoms with Crippen LogP contribution in [0.2, 0.25) is 0 Å². The van der Waals surface area contributed by atoms with Crippen LogP contribution in [-0.2, 0) is 6.42 Å². The second-order valence-electron chi connectivity index (χ2n) is 4.73. The SMILES string of the molecule is COc1cccc(C[C@@H](C)NC(=O)NC(C)C)c1. The van der Waals surface area contributed by atoms with Gasteiger partial charge in [0.25, 0.3) is 0 Å². The summed E-state index contributed by atoms with van der Waals surface area (Å²) in [6, 6.07) is 7.98. The van der Waals surface area contributed by atoms with Gasteiger partial charge >= 0.3 is 6.03 Å². The summed E-state index contributed by atoms with van der Waals surface area (Å²) in [7, 11) is 1.65. The van der Waals surface area contributed by atoms with Gasteiger partial charge in [0.1, 0.15) is 5.75 Å². The lowest BCUT2D eigenvalue weighted by molar-refractivity contribution is 0.235. The Hall–Kier alpha value is -1.71. The predicted molar refractivity (Wildman–Crippen MR) is 73.0 cm³/mol. The average molecular weight is 250 g/mol. The number of ether oxygens (including phenoxy) is 1. The van der Waals surface area contributed by atoms with Crippen LogP contribution in [0.1, 0.15) is 26.3 Å². The molecule has 18 heavy (non-hydrogen) atoms. The lowest BCUT2D eigenvalue weighted by atomic mass is 10.1. The lowest BCUT2D eigenvalue weighted by Gasteiger charge is -2.16. The fraction of sp³-hybridized carbons (Fsp3) is 0.500. The fourth-order valence-corrected chi connectivity index (χ4v) is 1.73. The van der Waals surface area contributed by atoms with E-state index in [4.69, 9.17) is 4.74 Å². The second-order valence-corrected chi connectivity index (χ2v) is 4.73. The monoisotopic (exact) mass is 250 g/mol. The molecular formula is C14H22N2O2. The minimum Gasteiger partial charge on any atom is -0.497 e. The first-order chi connectivity index (χ1) is 8.51. The van der Waals surface area contributed by atoms with Gasteiger partial charge in [-0.05, 0) is 44.9 Å². The highest BCUT2D eigenvalue weighted by Gasteiger charge is 2.09. The molecule has 2 N–H and O–H groups in total. The number of urea groups is 1. The molecule has 0 aromatic heterocycles. The molecule has 100 valence electrons. The van der Waals surface area contributed by atoms with E-state index in [2.05, 4.69) is 10.6 Å². The third-order valence-corrected chi connectivity index (χ3v) is 2.47. The molecule has 1 rings (SSSR count). The van der Waals surface area contributed by atoms with Crippen LogP contribution < -0.4 is 15.4 Å². The minimum absolute atomic E-state index is 0.0795. The highest BCUT2D eigenvalue weighted by molar-refractivity contribution is 5.74. The minimum atomic E-state index is -0.125. The Kier molecular flexibility index (Phi) is 5.49. The quantitative estimate of drug-likeness (QED) is 0.842. The normalized spacial score (nSPS) is 12.1. The molecular weight excluding hydrogens is 228 g/mol. The summed E-state index contributed by atoms with van der Waals surface area (Å²) in [6.07, 6.45) is 0.780. The first-order valence-electron chi connectivity index (χ1n) is 6.21. The maximum Gasteiger partial charge on any atom is 0.315 e. The summed E-state index contributed by atoms with van der Waals surface area (Å²) in [4.78, 5) is 11.5. The van der Waals surface area contributed by atoms with Gasteiger partial charge in [0, 0.05) is 12.1 Å². The van der Waals surface area contributed by atoms with E-state index in [0.29, 0.717) is 0 Å². The van der Waals surface area contributed by atoms with Crippen molar-refractivity contribution in [2.45, 2.75) is 39.3 Å². The first kappa shape index (κ1) is 14.4. The van der Waals surface area contributed by atoms with Gasteiger partial charge in [0.15, 0.2) is 0 Å². The van der Waals surface area contributed by atoms with Crippen LogP contribution in [0, 0.1) is 0 Å². The van der Waals surface area contributed by atoms with E-state index in [9.17, 15) is 4.79 Å². The summed E-state index contributed by atoms with van der Waals surface area (Å²) >= 11 is 0. The Labute approximate surface area is 109 Å². The number of nitrogens with one attached hydrogen (secondary N) is 2. The number of carbonyl (C=O) groups is 1. The Bertz CT molecular complexity index is 391. The van der Waals surface area contributed by atoms with Gasteiger partial charge in [-0.25, -0.2) is 4.79 Å². The molecule has 0 spiro atoms. The Morgan fingerprint density at radius 3 is 2.61 bits per heavy atom. The maximum atomic E-state index is 11.5. The Morgan fingerprint density at radius 2 is 2.00 bits per heavy atom. The van der Waals surface area contributed by atoms with Crippen molar-refractivity contribution in [2.24, 2.45) is 0 Å². The van der Waals surface area contributed by atoms with Crippen molar-refractivity contribution >= 4 is 6.03 Å². The van der Waals surface area contributed by atoms with Gasteiger partial charge in [-0.1, -0.05) is 12.1 Å². The van der Waals surface area contributed by atoms with Crippen molar-refractivity contribution in [3.05, 3.63) is 29.8 Å². The van der Waals surface area contributed by atoms with E-state index in [1.165, 1.54) is 0 Å². The van der Waals surface area contributed by atoms with Crippen LogP contribution in [0.15, 0.2) is 24.3 Å². The highest BCUT2D eigenvalue weighted by Crippen LogP contribution is 2.13. The average Bonchev–Trinajstić information content (AvgIpc) is 2.27. The summed E-state index contributed by atoms with van der Waals surface area (Å²) in [5, 5.41) is 5.71. The zero-order valence-electron chi connectivity index (χ0n) is 11.5. The molecule has 0 radical (unpaired) electrons. The molecule has 0 saturated heterocycles. The van der Waals surface area contributed by atoms with Gasteiger partial charge in [-0.2, -0.15) is 0 Å². The molecule has 1 aromatic carbocycles. The molecule has 0 bridgehead atoms. The maximum absolute atomic E-state index is 11.5. The second kappa shape index (κ2) is 6.89. The molecule has 0 aliphatic carbocycles. The molecule has 0 aliphatic heterocycles. The van der Waals surface area contributed by atoms with Crippen molar-refractivity contribution in [2.75, 3.05) is 7.11 Å². The van der Waals surface area contributed by atoms with Crippen LogP contribution in [0.25, 0.3) is 0 Å². The summed E-state index contributed by atoms with van der Waals surface area (Å²) < 4.78 is 5.17. The summed E-state index contributed by atoms with van der Waals surface area (Å²) in [5.41, 5.74) is 1.15. The fourth-order valence-electron chi connectivity index (χ4n) is 1.73. The van der Waals surface area contributed by atoms with E-state index in [-0.39, 0.29) is 18.1 Å². The molecule has 1 aromatic rings. The van der Waals surface area contributed by atoms with Crippen LogP contribution in [0.5, 0.6) is 5.75 Å². The summed E-state index contributed by atoms with van der Waals surface area (Å²) in [6.45, 7) is 5.86. The van der Waals surface area contributed by atoms with Crippen molar-refractivity contribution in [3.63, 3.8) is 0 Å². The van der Waals surface area contributed by atoms with E-state index in [1.54, 1.807) is 7.11 Å². The Morgan fingerprint density at radius 1 is 1.28 bits per heavy atom. The number of rotatable bonds is 5. The molecule has 0 heterocycles. The van der Waals surface area contributed by atoms with Crippen LogP contribution in [-0.4, -0.2) is 25.2 Å². The smallest absolute Gasteiger partial charge is 0.315 e. The lowest BCUT2D eigenvalue weighted by Crippen LogP contribution is -2.44. The van der Waals surface area contributed by atoms with Gasteiger partial charge < -0.3 is 15.4 Å². The predicted octanol–water partition coefficient (Wildman–Crippen LogP) is 2.33. The van der Waals surface area contributed by atoms with Gasteiger partial charge in [-0.15, -0.1) is 0 Å². The molecule has 0 unspecified atom stereocenters. The van der Waals surface area contributed by atoms with Gasteiger partial charge in [-0.3, -0.25) is 0 Å². The zero-order valence-corrected chi connectivity index (χ0v) is 11.5. The number of carbonyl (C=O) groups excluding carboxylic acids is 1. The van der Waals surface area contributed by atoms with E-state index in [0.717, 1.165) is 17.7 Å². The molecule has 4 heteroatoms. The molecule has 2 amide bonds. The van der Waals surface area contributed by atoms with Crippen LogP contribution in [0.4, 0.5) is 4.79 Å². The van der Waals surface area contributed by atoms with Gasteiger partial charge in [0.2, 0.25) is 0 Å². The number of amides is 2. The van der Waals surface area contributed by atoms with Crippen molar-refractivity contribution in [3.8, 4) is 5.75 Å². The van der Waals surface area contributed by atoms with Gasteiger partial charge in [0.05, 0.1) is 7.11 Å². The molecule has 0 fully saturated rings. The molecule has 0 saturated carbocycles. The molecule has 0 aliphatic rings. The highest BCUT2D eigenvalue weighted by atomic mass is 16.5. The topological polar surface area (TPSA) is 50.4 Å². The van der Waals surface area contributed by atoms with Crippen LogP contribution in [0.3, 0.4) is 0 Å². The van der Waals surface area contributed by atoms with E-state index in [1.807, 2.05) is 45.0 Å². The number of hydrogen-bond donors (Lipinski definition) is 2.